The van der Waals surface area contributed by atoms with Crippen LogP contribution >= 0.6 is 0 Å². The summed E-state index contributed by atoms with van der Waals surface area (Å²) in [5, 5.41) is 8.74. The Morgan fingerprint density at radius 1 is 1.58 bits per heavy atom. The first-order valence-electron chi connectivity index (χ1n) is 4.27. The first kappa shape index (κ1) is 9.23. The predicted molar refractivity (Wildman–Crippen MR) is 43.7 cm³/mol. The van der Waals surface area contributed by atoms with Crippen LogP contribution in [0.3, 0.4) is 0 Å². The average molecular weight is 170 g/mol. The lowest BCUT2D eigenvalue weighted by Crippen LogP contribution is -2.22. The summed E-state index contributed by atoms with van der Waals surface area (Å²) in [5.41, 5.74) is 0. The van der Waals surface area contributed by atoms with Crippen molar-refractivity contribution in [3.05, 3.63) is 0 Å². The van der Waals surface area contributed by atoms with E-state index >= 15 is 0 Å². The van der Waals surface area contributed by atoms with Crippen LogP contribution in [0.25, 0.3) is 0 Å². The van der Waals surface area contributed by atoms with Crippen LogP contribution in [-0.4, -0.2) is 16.9 Å². The van der Waals surface area contributed by atoms with Crippen molar-refractivity contribution >= 4 is 11.8 Å². The van der Waals surface area contributed by atoms with E-state index in [1.807, 2.05) is 6.92 Å². The van der Waals surface area contributed by atoms with E-state index in [-0.39, 0.29) is 23.5 Å². The molecule has 3 heteroatoms. The van der Waals surface area contributed by atoms with E-state index in [1.165, 1.54) is 0 Å². The van der Waals surface area contributed by atoms with Gasteiger partial charge < -0.3 is 5.11 Å². The van der Waals surface area contributed by atoms with Crippen molar-refractivity contribution < 1.29 is 14.7 Å². The highest BCUT2D eigenvalue weighted by Crippen LogP contribution is 2.34. The van der Waals surface area contributed by atoms with Crippen molar-refractivity contribution in [2.75, 3.05) is 0 Å². The normalized spacial score (nSPS) is 32.0. The summed E-state index contributed by atoms with van der Waals surface area (Å²) in [6.45, 7) is 3.64. The molecule has 68 valence electrons. The number of hydrogen-bond acceptors (Lipinski definition) is 2. The summed E-state index contributed by atoms with van der Waals surface area (Å²) in [4.78, 5) is 21.6. The fourth-order valence-electron chi connectivity index (χ4n) is 1.91. The van der Waals surface area contributed by atoms with Crippen LogP contribution in [-0.2, 0) is 9.59 Å². The van der Waals surface area contributed by atoms with Gasteiger partial charge >= 0.3 is 5.97 Å². The summed E-state index contributed by atoms with van der Waals surface area (Å²) < 4.78 is 0. The molecule has 0 heterocycles. The van der Waals surface area contributed by atoms with Gasteiger partial charge in [-0.3, -0.25) is 9.59 Å². The van der Waals surface area contributed by atoms with E-state index < -0.39 is 5.97 Å². The fourth-order valence-corrected chi connectivity index (χ4v) is 1.91. The number of carboxylic acid groups (broad SMARTS) is 1. The number of hydrogen-bond donors (Lipinski definition) is 1. The molecule has 0 aromatic carbocycles. The highest BCUT2D eigenvalue weighted by molar-refractivity contribution is 5.82. The second-order valence-electron chi connectivity index (χ2n) is 3.71. The maximum Gasteiger partial charge on any atom is 0.306 e. The van der Waals surface area contributed by atoms with Gasteiger partial charge in [-0.05, 0) is 11.8 Å². The largest absolute Gasteiger partial charge is 0.481 e. The molecule has 1 aliphatic rings. The number of carbonyl (C=O) groups excluding carboxylic acids is 1. The third kappa shape index (κ3) is 1.65. The van der Waals surface area contributed by atoms with Crippen molar-refractivity contribution in [3.8, 4) is 0 Å². The van der Waals surface area contributed by atoms with E-state index in [0.717, 1.165) is 0 Å². The van der Waals surface area contributed by atoms with Gasteiger partial charge in [0.15, 0.2) is 0 Å². The Morgan fingerprint density at radius 2 is 2.17 bits per heavy atom. The lowest BCUT2D eigenvalue weighted by Gasteiger charge is -2.18. The van der Waals surface area contributed by atoms with Gasteiger partial charge in [0, 0.05) is 12.8 Å². The molecule has 1 N–H and O–H groups in total. The summed E-state index contributed by atoms with van der Waals surface area (Å²) in [6, 6.07) is 0. The van der Waals surface area contributed by atoms with Gasteiger partial charge in [-0.15, -0.1) is 0 Å². The molecule has 3 nitrogen and oxygen atoms in total. The molecule has 0 aromatic heterocycles. The predicted octanol–water partition coefficient (Wildman–Crippen LogP) is 1.32. The molecule has 1 aliphatic carbocycles. The lowest BCUT2D eigenvalue weighted by molar-refractivity contribution is -0.143. The Morgan fingerprint density at radius 3 is 2.50 bits per heavy atom. The third-order valence-corrected chi connectivity index (χ3v) is 2.78. The minimum Gasteiger partial charge on any atom is -0.481 e. The van der Waals surface area contributed by atoms with Crippen LogP contribution < -0.4 is 0 Å². The van der Waals surface area contributed by atoms with Gasteiger partial charge in [0.2, 0.25) is 0 Å². The number of ketones is 1. The highest BCUT2D eigenvalue weighted by Gasteiger charge is 2.36. The first-order chi connectivity index (χ1) is 5.52. The zero-order valence-electron chi connectivity index (χ0n) is 7.41. The minimum atomic E-state index is -0.790. The van der Waals surface area contributed by atoms with E-state index in [1.54, 1.807) is 6.92 Å². The highest BCUT2D eigenvalue weighted by atomic mass is 16.4. The monoisotopic (exact) mass is 170 g/mol. The summed E-state index contributed by atoms with van der Waals surface area (Å²) in [7, 11) is 0. The van der Waals surface area contributed by atoms with Crippen LogP contribution in [0.5, 0.6) is 0 Å². The Bertz CT molecular complexity index is 210. The molecular formula is C9H14O3. The van der Waals surface area contributed by atoms with Gasteiger partial charge in [-0.2, -0.15) is 0 Å². The molecule has 0 aliphatic heterocycles. The van der Waals surface area contributed by atoms with E-state index in [0.29, 0.717) is 12.8 Å². The van der Waals surface area contributed by atoms with Gasteiger partial charge in [0.1, 0.15) is 5.78 Å². The SMILES string of the molecule is C[C@@H]1CC(=O)C[C@H]1[C@@H](C)C(=O)O. The molecule has 0 radical (unpaired) electrons. The smallest absolute Gasteiger partial charge is 0.306 e. The number of aliphatic carboxylic acids is 1. The molecule has 0 saturated heterocycles. The third-order valence-electron chi connectivity index (χ3n) is 2.78. The van der Waals surface area contributed by atoms with Crippen molar-refractivity contribution in [3.63, 3.8) is 0 Å². The Labute approximate surface area is 71.8 Å². The number of carbonyl (C=O) groups is 2. The topological polar surface area (TPSA) is 54.4 Å². The second kappa shape index (κ2) is 3.25. The molecule has 0 amide bonds. The van der Waals surface area contributed by atoms with E-state index in [4.69, 9.17) is 5.11 Å². The zero-order valence-corrected chi connectivity index (χ0v) is 7.41. The lowest BCUT2D eigenvalue weighted by atomic mass is 9.86. The van der Waals surface area contributed by atoms with Crippen molar-refractivity contribution in [2.45, 2.75) is 26.7 Å². The summed E-state index contributed by atoms with van der Waals surface area (Å²) in [5.74, 6) is -0.674. The molecule has 1 saturated carbocycles. The zero-order chi connectivity index (χ0) is 9.30. The summed E-state index contributed by atoms with van der Waals surface area (Å²) >= 11 is 0. The van der Waals surface area contributed by atoms with Crippen LogP contribution in [0, 0.1) is 17.8 Å². The molecular weight excluding hydrogens is 156 g/mol. The second-order valence-corrected chi connectivity index (χ2v) is 3.71. The average Bonchev–Trinajstić information content (AvgIpc) is 2.28. The summed E-state index contributed by atoms with van der Waals surface area (Å²) in [6.07, 6.45) is 1.01. The van der Waals surface area contributed by atoms with Crippen molar-refractivity contribution in [1.82, 2.24) is 0 Å². The molecule has 3 atom stereocenters. The van der Waals surface area contributed by atoms with Crippen LogP contribution in [0.2, 0.25) is 0 Å². The molecule has 1 fully saturated rings. The van der Waals surface area contributed by atoms with E-state index in [9.17, 15) is 9.59 Å². The fraction of sp³-hybridized carbons (Fsp3) is 0.778. The van der Waals surface area contributed by atoms with Gasteiger partial charge in [-0.25, -0.2) is 0 Å². The minimum absolute atomic E-state index is 0.0509. The maximum atomic E-state index is 11.0. The Balaban J connectivity index is 2.63. The number of Topliss-reactive ketones (excluding diaryl/α,β-unsaturated/α-hetero) is 1. The molecule has 1 rings (SSSR count). The van der Waals surface area contributed by atoms with Crippen LogP contribution in [0.1, 0.15) is 26.7 Å². The first-order valence-corrected chi connectivity index (χ1v) is 4.27. The van der Waals surface area contributed by atoms with Crippen molar-refractivity contribution in [2.24, 2.45) is 17.8 Å². The van der Waals surface area contributed by atoms with Crippen molar-refractivity contribution in [1.29, 1.82) is 0 Å². The molecule has 12 heavy (non-hydrogen) atoms. The van der Waals surface area contributed by atoms with E-state index in [2.05, 4.69) is 0 Å². The Hall–Kier alpha value is -0.860. The molecule has 0 unspecified atom stereocenters. The van der Waals surface area contributed by atoms with Gasteiger partial charge in [0.25, 0.3) is 0 Å². The number of carboxylic acids is 1. The quantitative estimate of drug-likeness (QED) is 0.680. The van der Waals surface area contributed by atoms with Crippen LogP contribution in [0.15, 0.2) is 0 Å². The maximum absolute atomic E-state index is 11.0. The molecule has 0 aromatic rings. The standard InChI is InChI=1S/C9H14O3/c1-5-3-7(10)4-8(5)6(2)9(11)12/h5-6,8H,3-4H2,1-2H3,(H,11,12)/t5-,6-,8-/m1/s1. The van der Waals surface area contributed by atoms with Crippen LogP contribution in [0.4, 0.5) is 0 Å². The Kier molecular flexibility index (Phi) is 2.50. The number of rotatable bonds is 2. The van der Waals surface area contributed by atoms with Gasteiger partial charge in [0.05, 0.1) is 5.92 Å². The molecule has 0 spiro atoms. The molecule has 0 bridgehead atoms. The van der Waals surface area contributed by atoms with Gasteiger partial charge in [-0.1, -0.05) is 13.8 Å².